The van der Waals surface area contributed by atoms with Crippen molar-refractivity contribution >= 4 is 0 Å². The van der Waals surface area contributed by atoms with Crippen LogP contribution in [0, 0.1) is 0 Å². The van der Waals surface area contributed by atoms with Gasteiger partial charge in [0.1, 0.15) is 0 Å². The predicted molar refractivity (Wildman–Crippen MR) is 102 cm³/mol. The van der Waals surface area contributed by atoms with E-state index in [0.717, 1.165) is 43.5 Å². The number of ether oxygens (including phenoxy) is 1. The van der Waals surface area contributed by atoms with Gasteiger partial charge in [-0.1, -0.05) is 31.2 Å². The number of halogens is 1. The molecule has 0 radical (unpaired) electrons. The fraction of sp³-hybridized carbons (Fsp3) is 0.455. The molecule has 2 aromatic rings. The molecule has 0 unspecified atom stereocenters. The van der Waals surface area contributed by atoms with E-state index < -0.39 is 6.67 Å². The second kappa shape index (κ2) is 7.28. The minimum absolute atomic E-state index is 0.207. The van der Waals surface area contributed by atoms with E-state index in [9.17, 15) is 9.50 Å². The summed E-state index contributed by atoms with van der Waals surface area (Å²) in [6.45, 7) is 4.19. The normalized spacial score (nSPS) is 18.3. The molecular weight excluding hydrogens is 329 g/mol. The number of benzene rings is 2. The molecule has 0 fully saturated rings. The van der Waals surface area contributed by atoms with Crippen molar-refractivity contribution in [2.24, 2.45) is 0 Å². The summed E-state index contributed by atoms with van der Waals surface area (Å²) in [4.78, 5) is 2.55. The summed E-state index contributed by atoms with van der Waals surface area (Å²) in [6, 6.07) is 10.6. The fourth-order valence-corrected chi connectivity index (χ4v) is 4.46. The Kier molecular flexibility index (Phi) is 4.86. The van der Waals surface area contributed by atoms with E-state index in [0.29, 0.717) is 18.2 Å². The molecule has 0 bridgehead atoms. The molecule has 2 aromatic carbocycles. The predicted octanol–water partition coefficient (Wildman–Crippen LogP) is 4.66. The highest BCUT2D eigenvalue weighted by Gasteiger charge is 2.36. The molecule has 2 aliphatic rings. The van der Waals surface area contributed by atoms with Gasteiger partial charge in [-0.25, -0.2) is 0 Å². The van der Waals surface area contributed by atoms with Gasteiger partial charge in [-0.3, -0.25) is 9.29 Å². The number of rotatable bonds is 6. The molecule has 1 N–H and O–H groups in total. The molecule has 0 aromatic heterocycles. The molecular formula is C22H26FNO2. The molecule has 1 heterocycles. The van der Waals surface area contributed by atoms with E-state index in [1.54, 1.807) is 0 Å². The van der Waals surface area contributed by atoms with Gasteiger partial charge in [-0.15, -0.1) is 0 Å². The zero-order valence-electron chi connectivity index (χ0n) is 15.3. The van der Waals surface area contributed by atoms with Crippen LogP contribution in [0.25, 0.3) is 11.1 Å². The van der Waals surface area contributed by atoms with Gasteiger partial charge in [0.05, 0.1) is 13.3 Å². The second-order valence-electron chi connectivity index (χ2n) is 7.23. The Bertz CT molecular complexity index is 805. The average molecular weight is 355 g/mol. The van der Waals surface area contributed by atoms with Gasteiger partial charge in [-0.2, -0.15) is 0 Å². The van der Waals surface area contributed by atoms with E-state index in [1.807, 2.05) is 12.1 Å². The van der Waals surface area contributed by atoms with Crippen LogP contribution in [-0.2, 0) is 12.8 Å². The van der Waals surface area contributed by atoms with Crippen molar-refractivity contribution in [3.05, 3.63) is 47.0 Å². The maximum Gasteiger partial charge on any atom is 0.166 e. The minimum atomic E-state index is -0.407. The van der Waals surface area contributed by atoms with Crippen LogP contribution >= 0.6 is 0 Å². The minimum Gasteiger partial charge on any atom is -0.504 e. The molecule has 0 spiro atoms. The Hall–Kier alpha value is -2.07. The fourth-order valence-electron chi connectivity index (χ4n) is 4.46. The van der Waals surface area contributed by atoms with Gasteiger partial charge in [-0.05, 0) is 54.1 Å². The van der Waals surface area contributed by atoms with E-state index in [2.05, 4.69) is 30.0 Å². The number of phenolic OH excluding ortho intramolecular Hbond substituents is 1. The van der Waals surface area contributed by atoms with Crippen LogP contribution in [0.5, 0.6) is 11.5 Å². The number of hydrogen-bond acceptors (Lipinski definition) is 3. The second-order valence-corrected chi connectivity index (χ2v) is 7.23. The van der Waals surface area contributed by atoms with Crippen molar-refractivity contribution in [1.82, 2.24) is 4.90 Å². The van der Waals surface area contributed by atoms with Crippen LogP contribution in [0.3, 0.4) is 0 Å². The molecule has 138 valence electrons. The van der Waals surface area contributed by atoms with Crippen LogP contribution in [0.4, 0.5) is 4.39 Å². The zero-order valence-corrected chi connectivity index (χ0v) is 15.3. The molecule has 4 rings (SSSR count). The highest BCUT2D eigenvalue weighted by Crippen LogP contribution is 2.52. The maximum atomic E-state index is 12.4. The van der Waals surface area contributed by atoms with Crippen LogP contribution in [0.15, 0.2) is 30.3 Å². The highest BCUT2D eigenvalue weighted by atomic mass is 19.1. The van der Waals surface area contributed by atoms with Crippen LogP contribution < -0.4 is 4.74 Å². The summed E-state index contributed by atoms with van der Waals surface area (Å²) in [7, 11) is 0. The first-order valence-corrected chi connectivity index (χ1v) is 9.64. The Labute approximate surface area is 154 Å². The Morgan fingerprint density at radius 3 is 2.92 bits per heavy atom. The molecule has 0 saturated heterocycles. The van der Waals surface area contributed by atoms with Crippen LogP contribution in [0.2, 0.25) is 0 Å². The van der Waals surface area contributed by atoms with Gasteiger partial charge in [0.25, 0.3) is 0 Å². The third kappa shape index (κ3) is 2.86. The first kappa shape index (κ1) is 17.3. The van der Waals surface area contributed by atoms with Gasteiger partial charge < -0.3 is 9.84 Å². The Morgan fingerprint density at radius 1 is 1.27 bits per heavy atom. The lowest BCUT2D eigenvalue weighted by atomic mass is 9.76. The summed E-state index contributed by atoms with van der Waals surface area (Å²) < 4.78 is 18.2. The van der Waals surface area contributed by atoms with E-state index >= 15 is 0 Å². The molecule has 3 nitrogen and oxygen atoms in total. The quantitative estimate of drug-likeness (QED) is 0.765. The summed E-state index contributed by atoms with van der Waals surface area (Å²) in [5.41, 5.74) is 5.82. The van der Waals surface area contributed by atoms with Crippen molar-refractivity contribution in [2.45, 2.75) is 38.6 Å². The van der Waals surface area contributed by atoms with Gasteiger partial charge >= 0.3 is 0 Å². The van der Waals surface area contributed by atoms with Crippen molar-refractivity contribution in [3.8, 4) is 22.6 Å². The van der Waals surface area contributed by atoms with E-state index in [1.165, 1.54) is 16.7 Å². The zero-order chi connectivity index (χ0) is 18.1. The lowest BCUT2D eigenvalue weighted by Crippen LogP contribution is -2.38. The highest BCUT2D eigenvalue weighted by molar-refractivity contribution is 5.83. The number of alkyl halides is 1. The Balaban J connectivity index is 1.85. The summed E-state index contributed by atoms with van der Waals surface area (Å²) in [6.07, 6.45) is 3.41. The van der Waals surface area contributed by atoms with Gasteiger partial charge in [0.2, 0.25) is 0 Å². The third-order valence-electron chi connectivity index (χ3n) is 5.58. The van der Waals surface area contributed by atoms with Crippen molar-refractivity contribution in [2.75, 3.05) is 26.4 Å². The van der Waals surface area contributed by atoms with Crippen molar-refractivity contribution in [1.29, 1.82) is 0 Å². The smallest absolute Gasteiger partial charge is 0.166 e. The first-order valence-electron chi connectivity index (χ1n) is 9.64. The Morgan fingerprint density at radius 2 is 2.12 bits per heavy atom. The summed E-state index contributed by atoms with van der Waals surface area (Å²) in [5.74, 6) is 0.699. The molecule has 0 saturated carbocycles. The lowest BCUT2D eigenvalue weighted by molar-refractivity contribution is 0.182. The maximum absolute atomic E-state index is 12.4. The topological polar surface area (TPSA) is 32.7 Å². The van der Waals surface area contributed by atoms with Crippen LogP contribution in [-0.4, -0.2) is 36.4 Å². The number of phenols is 1. The van der Waals surface area contributed by atoms with E-state index in [-0.39, 0.29) is 12.4 Å². The molecule has 1 aliphatic carbocycles. The average Bonchev–Trinajstić information content (AvgIpc) is 2.66. The standard InChI is InChI=1S/C22H26FNO2/c1-2-10-24-11-8-16-14-19(26-12-5-9-23)22(25)21-17-7-4-3-6-15(17)13-18(24)20(16)21/h3-4,6-7,14,18,25H,2,5,8-13H2,1H3/t18-/m1/s1. The molecule has 1 atom stereocenters. The number of hydrogen-bond donors (Lipinski definition) is 1. The van der Waals surface area contributed by atoms with Crippen molar-refractivity contribution in [3.63, 3.8) is 0 Å². The number of nitrogens with zero attached hydrogens (tertiary/aromatic N) is 1. The largest absolute Gasteiger partial charge is 0.504 e. The SMILES string of the molecule is CCCN1CCc2cc(OCCCF)c(O)c3c2[C@H]1Cc1ccccc1-3. The molecule has 0 amide bonds. The third-order valence-corrected chi connectivity index (χ3v) is 5.58. The van der Waals surface area contributed by atoms with Gasteiger partial charge in [0.15, 0.2) is 11.5 Å². The number of aromatic hydroxyl groups is 1. The lowest BCUT2D eigenvalue weighted by Gasteiger charge is -2.42. The summed E-state index contributed by atoms with van der Waals surface area (Å²) >= 11 is 0. The van der Waals surface area contributed by atoms with Crippen molar-refractivity contribution < 1.29 is 14.2 Å². The van der Waals surface area contributed by atoms with E-state index in [4.69, 9.17) is 4.74 Å². The molecule has 4 heteroatoms. The van der Waals surface area contributed by atoms with Gasteiger partial charge in [0, 0.05) is 24.6 Å². The monoisotopic (exact) mass is 355 g/mol. The van der Waals surface area contributed by atoms with Crippen LogP contribution in [0.1, 0.15) is 42.5 Å². The molecule has 26 heavy (non-hydrogen) atoms. The summed E-state index contributed by atoms with van der Waals surface area (Å²) in [5, 5.41) is 11.0. The first-order chi connectivity index (χ1) is 12.7. The molecule has 1 aliphatic heterocycles. The number of fused-ring (bicyclic) bond motifs is 2.